The molecule has 0 saturated heterocycles. The van der Waals surface area contributed by atoms with Crippen LogP contribution in [-0.4, -0.2) is 72.2 Å². The molecule has 2 aliphatic carbocycles. The molecule has 2 saturated carbocycles. The number of fused-ring (bicyclic) bond motifs is 1. The minimum atomic E-state index is -0.259. The van der Waals surface area contributed by atoms with Crippen molar-refractivity contribution in [3.8, 4) is 5.75 Å². The predicted molar refractivity (Wildman–Crippen MR) is 137 cm³/mol. The van der Waals surface area contributed by atoms with Gasteiger partial charge in [-0.05, 0) is 63.8 Å². The van der Waals surface area contributed by atoms with Crippen molar-refractivity contribution < 1.29 is 19.4 Å². The van der Waals surface area contributed by atoms with Crippen LogP contribution in [0.15, 0.2) is 18.2 Å². The molecule has 2 fully saturated rings. The highest BCUT2D eigenvalue weighted by molar-refractivity contribution is 5.93. The average molecular weight is 486 g/mol. The number of benzene rings is 1. The summed E-state index contributed by atoms with van der Waals surface area (Å²) in [6.45, 7) is 6.34. The van der Waals surface area contributed by atoms with Crippen molar-refractivity contribution >= 4 is 17.5 Å². The molecule has 0 radical (unpaired) electrons. The number of carbonyl (C=O) groups excluding carboxylic acids is 2. The normalized spacial score (nSPS) is 24.7. The minimum absolute atomic E-state index is 0.0222. The third kappa shape index (κ3) is 6.98. The van der Waals surface area contributed by atoms with Crippen molar-refractivity contribution in [2.75, 3.05) is 38.6 Å². The fourth-order valence-corrected chi connectivity index (χ4v) is 5.46. The zero-order valence-corrected chi connectivity index (χ0v) is 21.7. The fraction of sp³-hybridized carbons (Fsp3) is 0.714. The van der Waals surface area contributed by atoms with Gasteiger partial charge in [0.05, 0.1) is 19.1 Å². The van der Waals surface area contributed by atoms with Gasteiger partial charge in [0.15, 0.2) is 0 Å². The molecule has 0 unspecified atom stereocenters. The molecular weight excluding hydrogens is 442 g/mol. The van der Waals surface area contributed by atoms with Crippen LogP contribution in [-0.2, 0) is 16.0 Å². The first kappa shape index (κ1) is 26.0. The largest absolute Gasteiger partial charge is 0.488 e. The molecule has 0 bridgehead atoms. The second kappa shape index (κ2) is 11.7. The molecule has 35 heavy (non-hydrogen) atoms. The number of likely N-dealkylation sites (N-methyl/N-ethyl adjacent to an activating group) is 1. The van der Waals surface area contributed by atoms with Gasteiger partial charge in [0.2, 0.25) is 11.8 Å². The Morgan fingerprint density at radius 1 is 1.20 bits per heavy atom. The Balaban J connectivity index is 1.56. The van der Waals surface area contributed by atoms with E-state index in [1.807, 2.05) is 25.1 Å². The van der Waals surface area contributed by atoms with E-state index < -0.39 is 0 Å². The number of amides is 2. The lowest BCUT2D eigenvalue weighted by Crippen LogP contribution is -2.47. The molecule has 0 aromatic heterocycles. The predicted octanol–water partition coefficient (Wildman–Crippen LogP) is 3.70. The third-order valence-electron chi connectivity index (χ3n) is 7.92. The number of ether oxygens (including phenoxy) is 1. The summed E-state index contributed by atoms with van der Waals surface area (Å²) in [5.74, 6) is 1.73. The molecule has 0 spiro atoms. The molecule has 3 atom stereocenters. The van der Waals surface area contributed by atoms with Crippen LogP contribution in [0.2, 0.25) is 0 Å². The molecule has 3 aliphatic rings. The van der Waals surface area contributed by atoms with Gasteiger partial charge in [0.1, 0.15) is 11.9 Å². The van der Waals surface area contributed by atoms with Crippen LogP contribution in [0.4, 0.5) is 5.69 Å². The number of aliphatic hydroxyl groups is 1. The number of nitrogens with zero attached hydrogens (tertiary/aromatic N) is 2. The van der Waals surface area contributed by atoms with Crippen LogP contribution in [0.5, 0.6) is 5.75 Å². The number of carbonyl (C=O) groups is 2. The van der Waals surface area contributed by atoms with Crippen LogP contribution in [0.1, 0.15) is 64.4 Å². The quantitative estimate of drug-likeness (QED) is 0.587. The topological polar surface area (TPSA) is 82.1 Å². The van der Waals surface area contributed by atoms with E-state index in [0.717, 1.165) is 50.3 Å². The molecule has 2 N–H and O–H groups in total. The maximum absolute atomic E-state index is 13.4. The summed E-state index contributed by atoms with van der Waals surface area (Å²) in [5, 5.41) is 12.9. The summed E-state index contributed by atoms with van der Waals surface area (Å²) in [7, 11) is 2.14. The molecular formula is C28H43N3O4. The number of rotatable bonds is 8. The maximum Gasteiger partial charge on any atom is 0.227 e. The molecule has 4 rings (SSSR count). The van der Waals surface area contributed by atoms with Gasteiger partial charge in [0, 0.05) is 42.7 Å². The highest BCUT2D eigenvalue weighted by Crippen LogP contribution is 2.32. The molecule has 2 amide bonds. The van der Waals surface area contributed by atoms with Crippen LogP contribution in [0.3, 0.4) is 0 Å². The molecule has 7 nitrogen and oxygen atoms in total. The van der Waals surface area contributed by atoms with Crippen molar-refractivity contribution in [1.82, 2.24) is 9.80 Å². The van der Waals surface area contributed by atoms with E-state index in [2.05, 4.69) is 24.2 Å². The van der Waals surface area contributed by atoms with Gasteiger partial charge >= 0.3 is 0 Å². The van der Waals surface area contributed by atoms with Crippen molar-refractivity contribution in [3.63, 3.8) is 0 Å². The number of hydrogen-bond acceptors (Lipinski definition) is 5. The van der Waals surface area contributed by atoms with Gasteiger partial charge in [-0.1, -0.05) is 26.2 Å². The molecule has 194 valence electrons. The van der Waals surface area contributed by atoms with Gasteiger partial charge in [-0.2, -0.15) is 0 Å². The Morgan fingerprint density at radius 3 is 2.63 bits per heavy atom. The highest BCUT2D eigenvalue weighted by Gasteiger charge is 2.32. The van der Waals surface area contributed by atoms with E-state index in [-0.39, 0.29) is 48.8 Å². The molecule has 7 heteroatoms. The Morgan fingerprint density at radius 2 is 1.94 bits per heavy atom. The van der Waals surface area contributed by atoms with Gasteiger partial charge in [-0.25, -0.2) is 0 Å². The van der Waals surface area contributed by atoms with Crippen molar-refractivity contribution in [3.05, 3.63) is 23.8 Å². The van der Waals surface area contributed by atoms with Crippen LogP contribution >= 0.6 is 0 Å². The third-order valence-corrected chi connectivity index (χ3v) is 7.92. The summed E-state index contributed by atoms with van der Waals surface area (Å²) in [5.41, 5.74) is 1.50. The van der Waals surface area contributed by atoms with Gasteiger partial charge in [-0.3, -0.25) is 9.59 Å². The van der Waals surface area contributed by atoms with Crippen molar-refractivity contribution in [2.45, 2.75) is 77.4 Å². The first-order valence-corrected chi connectivity index (χ1v) is 13.5. The first-order valence-electron chi connectivity index (χ1n) is 13.5. The molecule has 1 aromatic carbocycles. The smallest absolute Gasteiger partial charge is 0.227 e. The lowest BCUT2D eigenvalue weighted by molar-refractivity contribution is -0.134. The van der Waals surface area contributed by atoms with E-state index in [9.17, 15) is 14.7 Å². The second-order valence-corrected chi connectivity index (χ2v) is 11.2. The molecule has 1 aliphatic heterocycles. The Kier molecular flexibility index (Phi) is 8.71. The summed E-state index contributed by atoms with van der Waals surface area (Å²) in [6, 6.07) is 5.44. The lowest BCUT2D eigenvalue weighted by atomic mass is 9.88. The summed E-state index contributed by atoms with van der Waals surface area (Å²) >= 11 is 0. The SMILES string of the molecule is C[C@H](CO)N1C[C@H](C)[C@@H](CN(C)CC2CC2)Oc2ccc(NC(=O)C3CCCCC3)cc2CC1=O. The first-order chi connectivity index (χ1) is 16.8. The van der Waals surface area contributed by atoms with Gasteiger partial charge < -0.3 is 25.0 Å². The number of anilines is 1. The van der Waals surface area contributed by atoms with E-state index in [0.29, 0.717) is 18.0 Å². The molecule has 1 aromatic rings. The Labute approximate surface area is 210 Å². The molecule has 1 heterocycles. The van der Waals surface area contributed by atoms with Crippen LogP contribution < -0.4 is 10.1 Å². The van der Waals surface area contributed by atoms with E-state index >= 15 is 0 Å². The average Bonchev–Trinajstić information content (AvgIpc) is 3.66. The zero-order chi connectivity index (χ0) is 24.9. The fourth-order valence-electron chi connectivity index (χ4n) is 5.46. The summed E-state index contributed by atoms with van der Waals surface area (Å²) in [4.78, 5) is 30.3. The number of hydrogen-bond donors (Lipinski definition) is 2. The zero-order valence-electron chi connectivity index (χ0n) is 21.7. The highest BCUT2D eigenvalue weighted by atomic mass is 16.5. The van der Waals surface area contributed by atoms with Crippen molar-refractivity contribution in [2.24, 2.45) is 17.8 Å². The number of aliphatic hydroxyl groups excluding tert-OH is 1. The van der Waals surface area contributed by atoms with E-state index in [1.54, 1.807) is 4.90 Å². The summed E-state index contributed by atoms with van der Waals surface area (Å²) in [6.07, 6.45) is 8.03. The standard InChI is InChI=1S/C28H43N3O4/c1-19-15-31(20(2)18-32)27(33)14-23-13-24(29-28(34)22-7-5-4-6-8-22)11-12-25(23)35-26(19)17-30(3)16-21-9-10-21/h11-13,19-22,26,32H,4-10,14-18H2,1-3H3,(H,29,34)/t19-,20+,26+/m0/s1. The van der Waals surface area contributed by atoms with Gasteiger partial charge in [0.25, 0.3) is 0 Å². The van der Waals surface area contributed by atoms with E-state index in [4.69, 9.17) is 4.74 Å². The lowest BCUT2D eigenvalue weighted by Gasteiger charge is -2.34. The maximum atomic E-state index is 13.4. The van der Waals surface area contributed by atoms with Crippen LogP contribution in [0.25, 0.3) is 0 Å². The monoisotopic (exact) mass is 485 g/mol. The van der Waals surface area contributed by atoms with Crippen molar-refractivity contribution in [1.29, 1.82) is 0 Å². The van der Waals surface area contributed by atoms with E-state index in [1.165, 1.54) is 19.3 Å². The Hall–Kier alpha value is -2.12. The van der Waals surface area contributed by atoms with Crippen LogP contribution in [0, 0.1) is 17.8 Å². The van der Waals surface area contributed by atoms with Gasteiger partial charge in [-0.15, -0.1) is 0 Å². The second-order valence-electron chi connectivity index (χ2n) is 11.2. The Bertz CT molecular complexity index is 881. The summed E-state index contributed by atoms with van der Waals surface area (Å²) < 4.78 is 6.59. The minimum Gasteiger partial charge on any atom is -0.488 e. The number of nitrogens with one attached hydrogen (secondary N) is 1.